The van der Waals surface area contributed by atoms with Gasteiger partial charge < -0.3 is 5.73 Å². The third-order valence-electron chi connectivity index (χ3n) is 3.35. The van der Waals surface area contributed by atoms with E-state index in [4.69, 9.17) is 5.73 Å². The van der Waals surface area contributed by atoms with Crippen LogP contribution >= 0.6 is 11.3 Å². The predicted molar refractivity (Wildman–Crippen MR) is 72.8 cm³/mol. The van der Waals surface area contributed by atoms with Gasteiger partial charge in [-0.15, -0.1) is 11.3 Å². The normalized spacial score (nSPS) is 15.6. The van der Waals surface area contributed by atoms with E-state index in [1.165, 1.54) is 23.5 Å². The fourth-order valence-electron chi connectivity index (χ4n) is 2.18. The van der Waals surface area contributed by atoms with E-state index < -0.39 is 11.7 Å². The number of aromatic nitrogens is 1. The summed E-state index contributed by atoms with van der Waals surface area (Å²) in [5.74, 6) is 0.494. The summed E-state index contributed by atoms with van der Waals surface area (Å²) in [5.41, 5.74) is 7.01. The molecule has 20 heavy (non-hydrogen) atoms. The second-order valence-corrected chi connectivity index (χ2v) is 6.12. The van der Waals surface area contributed by atoms with Gasteiger partial charge in [-0.05, 0) is 30.5 Å². The Morgan fingerprint density at radius 1 is 1.20 bits per heavy atom. The highest BCUT2D eigenvalue weighted by Crippen LogP contribution is 2.43. The predicted octanol–water partition coefficient (Wildman–Crippen LogP) is 4.21. The average molecular weight is 298 g/mol. The Balaban J connectivity index is 1.81. The number of alkyl halides is 3. The zero-order valence-corrected chi connectivity index (χ0v) is 11.4. The van der Waals surface area contributed by atoms with Crippen LogP contribution in [-0.2, 0) is 12.6 Å². The summed E-state index contributed by atoms with van der Waals surface area (Å²) in [6.45, 7) is 0. The zero-order chi connectivity index (χ0) is 14.3. The van der Waals surface area contributed by atoms with Crippen LogP contribution in [0, 0.1) is 0 Å². The van der Waals surface area contributed by atoms with Gasteiger partial charge in [-0.1, -0.05) is 12.1 Å². The first-order valence-corrected chi connectivity index (χ1v) is 7.16. The van der Waals surface area contributed by atoms with Crippen molar-refractivity contribution in [3.63, 3.8) is 0 Å². The fraction of sp³-hybridized carbons (Fsp3) is 0.357. The van der Waals surface area contributed by atoms with Crippen LogP contribution in [0.5, 0.6) is 0 Å². The molecule has 1 aromatic carbocycles. The van der Waals surface area contributed by atoms with Gasteiger partial charge in [-0.3, -0.25) is 0 Å². The number of hydrogen-bond acceptors (Lipinski definition) is 3. The van der Waals surface area contributed by atoms with E-state index in [9.17, 15) is 13.2 Å². The minimum Gasteiger partial charge on any atom is -0.375 e. The fourth-order valence-corrected chi connectivity index (χ4v) is 3.13. The van der Waals surface area contributed by atoms with Crippen LogP contribution in [0.4, 0.5) is 18.3 Å². The van der Waals surface area contributed by atoms with Gasteiger partial charge in [0.2, 0.25) is 0 Å². The molecular formula is C14H13F3N2S. The molecule has 0 saturated heterocycles. The zero-order valence-electron chi connectivity index (χ0n) is 10.6. The Bertz CT molecular complexity index is 612. The van der Waals surface area contributed by atoms with Crippen LogP contribution in [0.1, 0.15) is 40.5 Å². The molecule has 0 atom stereocenters. The third kappa shape index (κ3) is 2.80. The van der Waals surface area contributed by atoms with Gasteiger partial charge in [0.25, 0.3) is 0 Å². The first-order valence-electron chi connectivity index (χ1n) is 6.34. The number of rotatable bonds is 3. The summed E-state index contributed by atoms with van der Waals surface area (Å²) in [6, 6.07) is 5.29. The number of nitrogen functional groups attached to an aromatic ring is 1. The maximum atomic E-state index is 12.5. The van der Waals surface area contributed by atoms with Crippen molar-refractivity contribution in [3.8, 4) is 0 Å². The number of anilines is 1. The average Bonchev–Trinajstić information content (AvgIpc) is 3.14. The number of hydrogen-bond donors (Lipinski definition) is 1. The van der Waals surface area contributed by atoms with E-state index in [1.807, 2.05) is 0 Å². The minimum atomic E-state index is -4.29. The molecule has 0 radical (unpaired) electrons. The summed E-state index contributed by atoms with van der Waals surface area (Å²) in [7, 11) is 0. The molecule has 0 aliphatic heterocycles. The van der Waals surface area contributed by atoms with Gasteiger partial charge >= 0.3 is 6.18 Å². The lowest BCUT2D eigenvalue weighted by Gasteiger charge is -2.07. The van der Waals surface area contributed by atoms with Crippen molar-refractivity contribution in [2.45, 2.75) is 31.4 Å². The van der Waals surface area contributed by atoms with E-state index in [0.29, 0.717) is 17.5 Å². The lowest BCUT2D eigenvalue weighted by atomic mass is 10.1. The topological polar surface area (TPSA) is 38.9 Å². The second-order valence-electron chi connectivity index (χ2n) is 5.01. The molecule has 1 saturated carbocycles. The SMILES string of the molecule is Nc1nc(C2CC2)c(Cc2ccc(C(F)(F)F)cc2)s1. The number of nitrogens with zero attached hydrogens (tertiary/aromatic N) is 1. The quantitative estimate of drug-likeness (QED) is 0.921. The Morgan fingerprint density at radius 2 is 1.85 bits per heavy atom. The van der Waals surface area contributed by atoms with E-state index in [1.54, 1.807) is 0 Å². The van der Waals surface area contributed by atoms with Crippen LogP contribution in [0.2, 0.25) is 0 Å². The van der Waals surface area contributed by atoms with E-state index in [0.717, 1.165) is 41.1 Å². The minimum absolute atomic E-state index is 0.494. The Hall–Kier alpha value is -1.56. The molecule has 1 fully saturated rings. The monoisotopic (exact) mass is 298 g/mol. The molecule has 2 aromatic rings. The van der Waals surface area contributed by atoms with Crippen molar-refractivity contribution in [3.05, 3.63) is 46.0 Å². The summed E-state index contributed by atoms with van der Waals surface area (Å²) < 4.78 is 37.5. The van der Waals surface area contributed by atoms with Crippen LogP contribution in [0.25, 0.3) is 0 Å². The maximum Gasteiger partial charge on any atom is 0.416 e. The van der Waals surface area contributed by atoms with Gasteiger partial charge in [0.1, 0.15) is 0 Å². The maximum absolute atomic E-state index is 12.5. The third-order valence-corrected chi connectivity index (χ3v) is 4.25. The Labute approximate surface area is 118 Å². The first kappa shape index (κ1) is 13.4. The lowest BCUT2D eigenvalue weighted by Crippen LogP contribution is -2.04. The first-order chi connectivity index (χ1) is 9.43. The largest absolute Gasteiger partial charge is 0.416 e. The molecule has 1 aliphatic carbocycles. The number of nitrogens with two attached hydrogens (primary N) is 1. The van der Waals surface area contributed by atoms with Crippen LogP contribution in [0.3, 0.4) is 0 Å². The van der Waals surface area contributed by atoms with Crippen LogP contribution in [0.15, 0.2) is 24.3 Å². The van der Waals surface area contributed by atoms with Crippen molar-refractivity contribution in [2.75, 3.05) is 5.73 Å². The van der Waals surface area contributed by atoms with Crippen molar-refractivity contribution in [2.24, 2.45) is 0 Å². The molecule has 3 rings (SSSR count). The Kier molecular flexibility index (Phi) is 3.20. The molecule has 2 nitrogen and oxygen atoms in total. The lowest BCUT2D eigenvalue weighted by molar-refractivity contribution is -0.137. The highest BCUT2D eigenvalue weighted by Gasteiger charge is 2.31. The number of benzene rings is 1. The van der Waals surface area contributed by atoms with Gasteiger partial charge in [0, 0.05) is 17.2 Å². The molecule has 1 aromatic heterocycles. The molecule has 6 heteroatoms. The highest BCUT2D eigenvalue weighted by atomic mass is 32.1. The van der Waals surface area contributed by atoms with E-state index in [-0.39, 0.29) is 0 Å². The molecule has 106 valence electrons. The molecule has 0 unspecified atom stereocenters. The van der Waals surface area contributed by atoms with E-state index in [2.05, 4.69) is 4.98 Å². The van der Waals surface area contributed by atoms with Crippen molar-refractivity contribution >= 4 is 16.5 Å². The molecule has 1 aliphatic rings. The van der Waals surface area contributed by atoms with Crippen molar-refractivity contribution < 1.29 is 13.2 Å². The number of thiazole rings is 1. The van der Waals surface area contributed by atoms with Crippen molar-refractivity contribution in [1.29, 1.82) is 0 Å². The summed E-state index contributed by atoms with van der Waals surface area (Å²) in [6.07, 6.45) is -1.43. The summed E-state index contributed by atoms with van der Waals surface area (Å²) >= 11 is 1.43. The van der Waals surface area contributed by atoms with Gasteiger partial charge in [-0.25, -0.2) is 4.98 Å². The molecule has 0 amide bonds. The molecule has 1 heterocycles. The smallest absolute Gasteiger partial charge is 0.375 e. The Morgan fingerprint density at radius 3 is 2.40 bits per heavy atom. The van der Waals surface area contributed by atoms with Crippen LogP contribution in [-0.4, -0.2) is 4.98 Å². The standard InChI is InChI=1S/C14H13F3N2S/c15-14(16,17)10-5-1-8(2-6-10)7-11-12(9-3-4-9)19-13(18)20-11/h1-2,5-6,9H,3-4,7H2,(H2,18,19). The van der Waals surface area contributed by atoms with Gasteiger partial charge in [0.15, 0.2) is 5.13 Å². The highest BCUT2D eigenvalue weighted by molar-refractivity contribution is 7.15. The molecule has 2 N–H and O–H groups in total. The molecular weight excluding hydrogens is 285 g/mol. The summed E-state index contributed by atoms with van der Waals surface area (Å²) in [5, 5.41) is 0.536. The second kappa shape index (κ2) is 4.77. The number of halogens is 3. The van der Waals surface area contributed by atoms with Crippen LogP contribution < -0.4 is 5.73 Å². The molecule has 0 spiro atoms. The van der Waals surface area contributed by atoms with Gasteiger partial charge in [-0.2, -0.15) is 13.2 Å². The van der Waals surface area contributed by atoms with Crippen molar-refractivity contribution in [1.82, 2.24) is 4.98 Å². The molecule has 0 bridgehead atoms. The summed E-state index contributed by atoms with van der Waals surface area (Å²) in [4.78, 5) is 5.42. The van der Waals surface area contributed by atoms with E-state index >= 15 is 0 Å². The van der Waals surface area contributed by atoms with Gasteiger partial charge in [0.05, 0.1) is 11.3 Å².